The van der Waals surface area contributed by atoms with Crippen molar-refractivity contribution in [1.82, 2.24) is 14.9 Å². The van der Waals surface area contributed by atoms with Gasteiger partial charge in [-0.2, -0.15) is 0 Å². The van der Waals surface area contributed by atoms with Crippen LogP contribution in [0.15, 0.2) is 12.4 Å². The van der Waals surface area contributed by atoms with Crippen LogP contribution in [0.3, 0.4) is 0 Å². The molecule has 0 aliphatic carbocycles. The number of aromatic nitrogens is 2. The fraction of sp³-hybridized carbons (Fsp3) is 0.706. The third kappa shape index (κ3) is 4.42. The Balaban J connectivity index is 1.99. The van der Waals surface area contributed by atoms with E-state index < -0.39 is 0 Å². The van der Waals surface area contributed by atoms with E-state index >= 15 is 0 Å². The van der Waals surface area contributed by atoms with E-state index in [0.717, 1.165) is 44.6 Å². The summed E-state index contributed by atoms with van der Waals surface area (Å²) in [5.74, 6) is 0.796. The van der Waals surface area contributed by atoms with Crippen LogP contribution in [-0.2, 0) is 0 Å². The maximum atomic E-state index is 12.7. The van der Waals surface area contributed by atoms with Crippen molar-refractivity contribution in [3.63, 3.8) is 0 Å². The fourth-order valence-electron chi connectivity index (χ4n) is 3.00. The van der Waals surface area contributed by atoms with Gasteiger partial charge in [-0.1, -0.05) is 26.7 Å². The number of carbonyl (C=O) groups is 1. The number of anilines is 1. The van der Waals surface area contributed by atoms with Gasteiger partial charge in [0.25, 0.3) is 5.91 Å². The molecule has 1 saturated heterocycles. The molecule has 5 heteroatoms. The summed E-state index contributed by atoms with van der Waals surface area (Å²) in [6.07, 6.45) is 9.44. The van der Waals surface area contributed by atoms with E-state index in [2.05, 4.69) is 29.1 Å². The molecule has 1 fully saturated rings. The van der Waals surface area contributed by atoms with Crippen molar-refractivity contribution in [2.75, 3.05) is 18.4 Å². The summed E-state index contributed by atoms with van der Waals surface area (Å²) < 4.78 is 0. The molecule has 1 aromatic heterocycles. The summed E-state index contributed by atoms with van der Waals surface area (Å²) in [6, 6.07) is 2.15. The Kier molecular flexibility index (Phi) is 6.62. The van der Waals surface area contributed by atoms with Crippen molar-refractivity contribution < 1.29 is 4.79 Å². The average Bonchev–Trinajstić information content (AvgIpc) is 2.58. The minimum Gasteiger partial charge on any atom is -0.370 e. The topological polar surface area (TPSA) is 58.1 Å². The lowest BCUT2D eigenvalue weighted by Crippen LogP contribution is -2.43. The zero-order valence-corrected chi connectivity index (χ0v) is 13.8. The maximum absolute atomic E-state index is 12.7. The van der Waals surface area contributed by atoms with Gasteiger partial charge < -0.3 is 10.2 Å². The highest BCUT2D eigenvalue weighted by molar-refractivity contribution is 5.93. The number of rotatable bonds is 7. The number of hydrogen-bond acceptors (Lipinski definition) is 4. The van der Waals surface area contributed by atoms with Crippen LogP contribution in [0.5, 0.6) is 0 Å². The van der Waals surface area contributed by atoms with Crippen LogP contribution in [-0.4, -0.2) is 39.9 Å². The van der Waals surface area contributed by atoms with Crippen LogP contribution in [0.4, 0.5) is 5.82 Å². The second-order valence-electron chi connectivity index (χ2n) is 5.98. The number of amides is 1. The number of unbranched alkanes of at least 4 members (excludes halogenated alkanes) is 2. The molecule has 1 aliphatic heterocycles. The Bertz CT molecular complexity index is 477. The zero-order valence-electron chi connectivity index (χ0n) is 13.8. The molecule has 1 unspecified atom stereocenters. The van der Waals surface area contributed by atoms with E-state index in [9.17, 15) is 4.79 Å². The fourth-order valence-corrected chi connectivity index (χ4v) is 3.00. The Labute approximate surface area is 133 Å². The molecule has 1 aromatic rings. The van der Waals surface area contributed by atoms with Gasteiger partial charge in [0.2, 0.25) is 0 Å². The lowest BCUT2D eigenvalue weighted by molar-refractivity contribution is 0.0602. The van der Waals surface area contributed by atoms with E-state index in [1.165, 1.54) is 25.6 Å². The first-order valence-electron chi connectivity index (χ1n) is 8.63. The quantitative estimate of drug-likeness (QED) is 0.783. The molecular weight excluding hydrogens is 276 g/mol. The Hall–Kier alpha value is -1.65. The van der Waals surface area contributed by atoms with Crippen LogP contribution < -0.4 is 5.32 Å². The van der Waals surface area contributed by atoms with Crippen molar-refractivity contribution >= 4 is 11.7 Å². The molecule has 2 rings (SSSR count). The molecule has 22 heavy (non-hydrogen) atoms. The summed E-state index contributed by atoms with van der Waals surface area (Å²) in [4.78, 5) is 23.1. The second kappa shape index (κ2) is 8.71. The highest BCUT2D eigenvalue weighted by Gasteiger charge is 2.27. The standard InChI is InChI=1S/C17H28N4O/c1-3-5-7-10-18-16-12-15(19-13-20-16)17(22)21-11-8-6-9-14(21)4-2/h12-14H,3-11H2,1-2H3,(H,18,19,20). The number of nitrogens with one attached hydrogen (secondary N) is 1. The molecular formula is C17H28N4O. The monoisotopic (exact) mass is 304 g/mol. The highest BCUT2D eigenvalue weighted by Crippen LogP contribution is 2.21. The molecule has 0 saturated carbocycles. The first kappa shape index (κ1) is 16.7. The highest BCUT2D eigenvalue weighted by atomic mass is 16.2. The van der Waals surface area contributed by atoms with E-state index in [1.807, 2.05) is 4.90 Å². The first-order valence-corrected chi connectivity index (χ1v) is 8.63. The van der Waals surface area contributed by atoms with Crippen molar-refractivity contribution in [3.8, 4) is 0 Å². The van der Waals surface area contributed by atoms with Gasteiger partial charge in [-0.25, -0.2) is 9.97 Å². The van der Waals surface area contributed by atoms with Crippen molar-refractivity contribution in [2.45, 2.75) is 64.8 Å². The third-order valence-corrected chi connectivity index (χ3v) is 4.33. The third-order valence-electron chi connectivity index (χ3n) is 4.33. The molecule has 0 radical (unpaired) electrons. The molecule has 0 bridgehead atoms. The van der Waals surface area contributed by atoms with Crippen LogP contribution >= 0.6 is 0 Å². The number of likely N-dealkylation sites (tertiary alicyclic amines) is 1. The molecule has 1 aliphatic rings. The van der Waals surface area contributed by atoms with Gasteiger partial charge in [-0.15, -0.1) is 0 Å². The van der Waals surface area contributed by atoms with Crippen LogP contribution in [0.25, 0.3) is 0 Å². The van der Waals surface area contributed by atoms with Crippen molar-refractivity contribution in [1.29, 1.82) is 0 Å². The SMILES string of the molecule is CCCCCNc1cc(C(=O)N2CCCCC2CC)ncn1. The molecule has 0 spiro atoms. The van der Waals surface area contributed by atoms with Gasteiger partial charge in [0.1, 0.15) is 17.8 Å². The number of carbonyl (C=O) groups excluding carboxylic acids is 1. The van der Waals surface area contributed by atoms with Gasteiger partial charge in [0.05, 0.1) is 0 Å². The minimum atomic E-state index is 0.0468. The molecule has 5 nitrogen and oxygen atoms in total. The van der Waals surface area contributed by atoms with Crippen molar-refractivity contribution in [2.24, 2.45) is 0 Å². The predicted molar refractivity (Wildman–Crippen MR) is 89.0 cm³/mol. The van der Waals surface area contributed by atoms with Crippen LogP contribution in [0.1, 0.15) is 69.3 Å². The number of hydrogen-bond donors (Lipinski definition) is 1. The molecule has 1 atom stereocenters. The van der Waals surface area contributed by atoms with Gasteiger partial charge >= 0.3 is 0 Å². The first-order chi connectivity index (χ1) is 10.8. The van der Waals surface area contributed by atoms with E-state index in [0.29, 0.717) is 11.7 Å². The van der Waals surface area contributed by atoms with Gasteiger partial charge in [-0.3, -0.25) is 4.79 Å². The summed E-state index contributed by atoms with van der Waals surface area (Å²) >= 11 is 0. The van der Waals surface area contributed by atoms with E-state index in [-0.39, 0.29) is 5.91 Å². The number of piperidine rings is 1. The predicted octanol–water partition coefficient (Wildman–Crippen LogP) is 3.48. The maximum Gasteiger partial charge on any atom is 0.272 e. The minimum absolute atomic E-state index is 0.0468. The molecule has 2 heterocycles. The Morgan fingerprint density at radius 3 is 2.95 bits per heavy atom. The average molecular weight is 304 g/mol. The van der Waals surface area contributed by atoms with Crippen LogP contribution in [0, 0.1) is 0 Å². The summed E-state index contributed by atoms with van der Waals surface area (Å²) in [5, 5.41) is 3.28. The summed E-state index contributed by atoms with van der Waals surface area (Å²) in [5.41, 5.74) is 0.508. The second-order valence-corrected chi connectivity index (χ2v) is 5.98. The Morgan fingerprint density at radius 2 is 2.18 bits per heavy atom. The largest absolute Gasteiger partial charge is 0.370 e. The van der Waals surface area contributed by atoms with Gasteiger partial charge in [0.15, 0.2) is 0 Å². The number of nitrogens with zero attached hydrogens (tertiary/aromatic N) is 3. The molecule has 1 N–H and O–H groups in total. The smallest absolute Gasteiger partial charge is 0.272 e. The molecule has 0 aromatic carbocycles. The normalized spacial score (nSPS) is 18.3. The summed E-state index contributed by atoms with van der Waals surface area (Å²) in [7, 11) is 0. The lowest BCUT2D eigenvalue weighted by Gasteiger charge is -2.35. The van der Waals surface area contributed by atoms with E-state index in [1.54, 1.807) is 6.07 Å². The van der Waals surface area contributed by atoms with Crippen molar-refractivity contribution in [3.05, 3.63) is 18.1 Å². The van der Waals surface area contributed by atoms with E-state index in [4.69, 9.17) is 0 Å². The van der Waals surface area contributed by atoms with Gasteiger partial charge in [-0.05, 0) is 32.1 Å². The lowest BCUT2D eigenvalue weighted by atomic mass is 9.99. The molecule has 122 valence electrons. The van der Waals surface area contributed by atoms with Crippen LogP contribution in [0.2, 0.25) is 0 Å². The summed E-state index contributed by atoms with van der Waals surface area (Å²) in [6.45, 7) is 6.07. The van der Waals surface area contributed by atoms with Gasteiger partial charge in [0, 0.05) is 25.2 Å². The Morgan fingerprint density at radius 1 is 1.32 bits per heavy atom. The zero-order chi connectivity index (χ0) is 15.8. The molecule has 1 amide bonds.